The summed E-state index contributed by atoms with van der Waals surface area (Å²) >= 11 is 1.07. The maximum atomic E-state index is 12.4. The summed E-state index contributed by atoms with van der Waals surface area (Å²) in [6.07, 6.45) is 0. The molecule has 0 unspecified atom stereocenters. The highest BCUT2D eigenvalue weighted by Gasteiger charge is 2.19. The zero-order chi connectivity index (χ0) is 21.1. The third kappa shape index (κ3) is 4.27. The lowest BCUT2D eigenvalue weighted by molar-refractivity contribution is 0.0606. The average molecular weight is 411 g/mol. The van der Waals surface area contributed by atoms with Crippen molar-refractivity contribution in [3.05, 3.63) is 57.4 Å². The molecule has 7 nitrogen and oxygen atoms in total. The number of aliphatic imine (C=N–C) groups is 1. The molecule has 0 aliphatic rings. The van der Waals surface area contributed by atoms with Gasteiger partial charge in [0.2, 0.25) is 0 Å². The van der Waals surface area contributed by atoms with Crippen molar-refractivity contribution in [1.82, 2.24) is 9.78 Å². The van der Waals surface area contributed by atoms with Crippen molar-refractivity contribution in [3.63, 3.8) is 0 Å². The Labute approximate surface area is 172 Å². The van der Waals surface area contributed by atoms with Gasteiger partial charge in [-0.2, -0.15) is 5.10 Å². The number of aromatic hydroxyl groups is 1. The summed E-state index contributed by atoms with van der Waals surface area (Å²) in [6, 6.07) is 10.9. The van der Waals surface area contributed by atoms with Crippen molar-refractivity contribution >= 4 is 28.8 Å². The van der Waals surface area contributed by atoms with E-state index in [1.165, 1.54) is 7.11 Å². The van der Waals surface area contributed by atoms with Gasteiger partial charge < -0.3 is 9.84 Å². The number of carbonyl (C=O) groups excluding carboxylic acids is 2. The molecule has 0 saturated heterocycles. The summed E-state index contributed by atoms with van der Waals surface area (Å²) in [4.78, 5) is 29.0. The fraction of sp³-hybridized carbons (Fsp3) is 0.238. The molecule has 1 aromatic carbocycles. The molecule has 0 aliphatic carbocycles. The molecule has 0 fully saturated rings. The van der Waals surface area contributed by atoms with Crippen molar-refractivity contribution in [3.8, 4) is 17.0 Å². The summed E-state index contributed by atoms with van der Waals surface area (Å²) in [5, 5.41) is 15.0. The van der Waals surface area contributed by atoms with E-state index in [1.807, 2.05) is 31.2 Å². The Hall–Kier alpha value is -3.26. The zero-order valence-electron chi connectivity index (χ0n) is 16.6. The van der Waals surface area contributed by atoms with Gasteiger partial charge in [-0.25, -0.2) is 4.79 Å². The first-order valence-electron chi connectivity index (χ1n) is 8.87. The van der Waals surface area contributed by atoms with Crippen LogP contribution in [0.3, 0.4) is 0 Å². The number of benzene rings is 1. The van der Waals surface area contributed by atoms with Gasteiger partial charge in [0, 0.05) is 12.6 Å². The number of aryl methyl sites for hydroxylation is 2. The van der Waals surface area contributed by atoms with Gasteiger partial charge in [0.1, 0.15) is 22.8 Å². The molecule has 0 saturated carbocycles. The normalized spacial score (nSPS) is 11.5. The van der Waals surface area contributed by atoms with Crippen molar-refractivity contribution in [2.24, 2.45) is 12.0 Å². The standard InChI is InChI=1S/C21H21N3O4S/c1-12-5-7-14(8-6-12)19-20(26)18(23-24(19)3)13(2)22-11-15(25)16-9-10-17(29-16)21(27)28-4/h5-10,26H,11H2,1-4H3. The van der Waals surface area contributed by atoms with E-state index in [2.05, 4.69) is 14.8 Å². The largest absolute Gasteiger partial charge is 0.504 e. The Morgan fingerprint density at radius 1 is 1.17 bits per heavy atom. The van der Waals surface area contributed by atoms with E-state index in [0.717, 1.165) is 22.5 Å². The second kappa shape index (κ2) is 8.40. The number of ketones is 1. The smallest absolute Gasteiger partial charge is 0.348 e. The van der Waals surface area contributed by atoms with Gasteiger partial charge in [-0.1, -0.05) is 29.8 Å². The molecule has 150 valence electrons. The minimum absolute atomic E-state index is 0.0224. The third-order valence-electron chi connectivity index (χ3n) is 4.42. The predicted octanol–water partition coefficient (Wildman–Crippen LogP) is 3.64. The molecule has 8 heteroatoms. The molecule has 29 heavy (non-hydrogen) atoms. The maximum Gasteiger partial charge on any atom is 0.348 e. The molecule has 1 N–H and O–H groups in total. The lowest BCUT2D eigenvalue weighted by Crippen LogP contribution is -2.06. The monoisotopic (exact) mass is 411 g/mol. The Kier molecular flexibility index (Phi) is 5.93. The van der Waals surface area contributed by atoms with E-state index < -0.39 is 5.97 Å². The van der Waals surface area contributed by atoms with Gasteiger partial charge >= 0.3 is 5.97 Å². The van der Waals surface area contributed by atoms with Crippen LogP contribution in [-0.4, -0.2) is 46.0 Å². The summed E-state index contributed by atoms with van der Waals surface area (Å²) < 4.78 is 6.24. The number of thiophene rings is 1. The van der Waals surface area contributed by atoms with Crippen LogP contribution in [0.25, 0.3) is 11.3 Å². The highest BCUT2D eigenvalue weighted by atomic mass is 32.1. The van der Waals surface area contributed by atoms with Crippen molar-refractivity contribution < 1.29 is 19.4 Å². The molecule has 2 heterocycles. The highest BCUT2D eigenvalue weighted by Crippen LogP contribution is 2.32. The van der Waals surface area contributed by atoms with Crippen LogP contribution in [0.1, 0.15) is 37.5 Å². The Bertz CT molecular complexity index is 1090. The molecule has 0 atom stereocenters. The Morgan fingerprint density at radius 3 is 2.48 bits per heavy atom. The fourth-order valence-corrected chi connectivity index (χ4v) is 3.69. The molecular formula is C21H21N3O4S. The Morgan fingerprint density at radius 2 is 1.83 bits per heavy atom. The second-order valence-electron chi connectivity index (χ2n) is 6.52. The number of rotatable bonds is 6. The molecular weight excluding hydrogens is 390 g/mol. The van der Waals surface area contributed by atoms with Gasteiger partial charge in [-0.05, 0) is 26.0 Å². The predicted molar refractivity (Wildman–Crippen MR) is 112 cm³/mol. The number of hydrogen-bond donors (Lipinski definition) is 1. The number of Topliss-reactive ketones (excluding diaryl/α,β-unsaturated/α-hetero) is 1. The van der Waals surface area contributed by atoms with E-state index in [4.69, 9.17) is 0 Å². The number of methoxy groups -OCH3 is 1. The van der Waals surface area contributed by atoms with E-state index in [1.54, 1.807) is 30.8 Å². The molecule has 0 spiro atoms. The molecule has 0 amide bonds. The van der Waals surface area contributed by atoms with E-state index in [0.29, 0.717) is 26.9 Å². The quantitative estimate of drug-likeness (QED) is 0.380. The topological polar surface area (TPSA) is 93.8 Å². The van der Waals surface area contributed by atoms with Gasteiger partial charge in [0.05, 0.1) is 17.7 Å². The number of aromatic nitrogens is 2. The van der Waals surface area contributed by atoms with Crippen LogP contribution in [0.5, 0.6) is 5.75 Å². The molecule has 3 aromatic rings. The molecule has 0 aliphatic heterocycles. The maximum absolute atomic E-state index is 12.4. The first kappa shape index (κ1) is 20.5. The van der Waals surface area contributed by atoms with Crippen LogP contribution < -0.4 is 0 Å². The number of nitrogens with zero attached hydrogens (tertiary/aromatic N) is 3. The van der Waals surface area contributed by atoms with Crippen LogP contribution in [0.15, 0.2) is 41.4 Å². The summed E-state index contributed by atoms with van der Waals surface area (Å²) in [5.74, 6) is -0.677. The van der Waals surface area contributed by atoms with Crippen LogP contribution >= 0.6 is 11.3 Å². The number of carbonyl (C=O) groups is 2. The third-order valence-corrected chi connectivity index (χ3v) is 5.52. The number of hydrogen-bond acceptors (Lipinski definition) is 7. The lowest BCUT2D eigenvalue weighted by Gasteiger charge is -2.03. The van der Waals surface area contributed by atoms with Crippen LogP contribution in [0.4, 0.5) is 0 Å². The SMILES string of the molecule is COC(=O)c1ccc(C(=O)CN=C(C)c2nn(C)c(-c3ccc(C)cc3)c2O)s1. The van der Waals surface area contributed by atoms with Crippen molar-refractivity contribution in [2.75, 3.05) is 13.7 Å². The lowest BCUT2D eigenvalue weighted by atomic mass is 10.1. The summed E-state index contributed by atoms with van der Waals surface area (Å²) in [5.41, 5.74) is 3.33. The average Bonchev–Trinajstić information content (AvgIpc) is 3.31. The van der Waals surface area contributed by atoms with E-state index in [9.17, 15) is 14.7 Å². The van der Waals surface area contributed by atoms with Crippen LogP contribution in [-0.2, 0) is 11.8 Å². The number of esters is 1. The van der Waals surface area contributed by atoms with Gasteiger partial charge in [0.15, 0.2) is 11.5 Å². The molecule has 0 bridgehead atoms. The number of ether oxygens (including phenoxy) is 1. The fourth-order valence-electron chi connectivity index (χ4n) is 2.83. The van der Waals surface area contributed by atoms with Gasteiger partial charge in [-0.3, -0.25) is 14.5 Å². The minimum atomic E-state index is -0.476. The first-order chi connectivity index (χ1) is 13.8. The summed E-state index contributed by atoms with van der Waals surface area (Å²) in [7, 11) is 3.04. The molecule has 3 rings (SSSR count). The van der Waals surface area contributed by atoms with E-state index in [-0.39, 0.29) is 18.1 Å². The van der Waals surface area contributed by atoms with Crippen LogP contribution in [0, 0.1) is 6.92 Å². The minimum Gasteiger partial charge on any atom is -0.504 e. The van der Waals surface area contributed by atoms with Gasteiger partial charge in [0.25, 0.3) is 0 Å². The van der Waals surface area contributed by atoms with Gasteiger partial charge in [-0.15, -0.1) is 11.3 Å². The van der Waals surface area contributed by atoms with Crippen LogP contribution in [0.2, 0.25) is 0 Å². The first-order valence-corrected chi connectivity index (χ1v) is 9.69. The van der Waals surface area contributed by atoms with Crippen molar-refractivity contribution in [2.45, 2.75) is 13.8 Å². The zero-order valence-corrected chi connectivity index (χ0v) is 17.4. The summed E-state index contributed by atoms with van der Waals surface area (Å²) in [6.45, 7) is 3.58. The highest BCUT2D eigenvalue weighted by molar-refractivity contribution is 7.15. The Balaban J connectivity index is 1.80. The second-order valence-corrected chi connectivity index (χ2v) is 7.60. The molecule has 2 aromatic heterocycles. The van der Waals surface area contributed by atoms with E-state index >= 15 is 0 Å². The van der Waals surface area contributed by atoms with Crippen molar-refractivity contribution in [1.29, 1.82) is 0 Å². The molecule has 0 radical (unpaired) electrons.